The minimum absolute atomic E-state index is 0.856. The van der Waals surface area contributed by atoms with Gasteiger partial charge in [-0.25, -0.2) is 0 Å². The van der Waals surface area contributed by atoms with E-state index < -0.39 is 0 Å². The topological polar surface area (TPSA) is 56.7 Å². The van der Waals surface area contributed by atoms with Crippen LogP contribution in [-0.4, -0.2) is 15.1 Å². The van der Waals surface area contributed by atoms with E-state index in [0.717, 1.165) is 10.1 Å². The molecule has 1 rings (SSSR count). The molecule has 0 aromatic carbocycles. The van der Waals surface area contributed by atoms with Gasteiger partial charge < -0.3 is 5.84 Å². The Morgan fingerprint density at radius 3 is 2.88 bits per heavy atom. The Kier molecular flexibility index (Phi) is 1.66. The van der Waals surface area contributed by atoms with Gasteiger partial charge in [0, 0.05) is 4.43 Å². The van der Waals surface area contributed by atoms with Crippen molar-refractivity contribution in [2.24, 2.45) is 0 Å². The number of halogens is 1. The molecule has 2 N–H and O–H groups in total. The maximum Gasteiger partial charge on any atom is 0.0946 e. The van der Waals surface area contributed by atoms with Crippen LogP contribution in [0.2, 0.25) is 0 Å². The van der Waals surface area contributed by atoms with Gasteiger partial charge in [-0.3, -0.25) is 0 Å². The van der Waals surface area contributed by atoms with E-state index in [4.69, 9.17) is 5.84 Å². The molecular formula is C3H5IN4. The summed E-state index contributed by atoms with van der Waals surface area (Å²) in [6.45, 7) is 0. The molecule has 0 atom stereocenters. The SMILES string of the molecule is Nn1cc(CI)nn1. The lowest BCUT2D eigenvalue weighted by atomic mass is 10.6. The van der Waals surface area contributed by atoms with Crippen LogP contribution in [0.25, 0.3) is 0 Å². The van der Waals surface area contributed by atoms with Crippen molar-refractivity contribution in [3.63, 3.8) is 0 Å². The van der Waals surface area contributed by atoms with Gasteiger partial charge in [0.05, 0.1) is 11.9 Å². The van der Waals surface area contributed by atoms with Crippen molar-refractivity contribution >= 4 is 22.6 Å². The third-order valence-corrected chi connectivity index (χ3v) is 1.48. The van der Waals surface area contributed by atoms with Crippen LogP contribution in [0.4, 0.5) is 0 Å². The molecule has 44 valence electrons. The number of nitrogen functional groups attached to an aromatic ring is 1. The van der Waals surface area contributed by atoms with Crippen molar-refractivity contribution in [3.8, 4) is 0 Å². The summed E-state index contributed by atoms with van der Waals surface area (Å²) in [4.78, 5) is 1.20. The fourth-order valence-electron chi connectivity index (χ4n) is 0.375. The van der Waals surface area contributed by atoms with Gasteiger partial charge in [-0.1, -0.05) is 22.6 Å². The number of hydrogen-bond donors (Lipinski definition) is 1. The molecule has 1 aromatic heterocycles. The molecule has 1 aromatic rings. The smallest absolute Gasteiger partial charge is 0.0946 e. The number of hydrogen-bond acceptors (Lipinski definition) is 3. The van der Waals surface area contributed by atoms with Crippen LogP contribution in [0.1, 0.15) is 5.69 Å². The first kappa shape index (κ1) is 5.80. The van der Waals surface area contributed by atoms with Gasteiger partial charge in [0.15, 0.2) is 0 Å². The molecule has 0 amide bonds. The second-order valence-corrected chi connectivity index (χ2v) is 2.09. The van der Waals surface area contributed by atoms with Crippen molar-refractivity contribution in [2.75, 3.05) is 5.84 Å². The Morgan fingerprint density at radius 1 is 1.88 bits per heavy atom. The predicted octanol–water partition coefficient (Wildman–Crippen LogP) is -0.0731. The van der Waals surface area contributed by atoms with Crippen LogP contribution in [0.5, 0.6) is 0 Å². The average Bonchev–Trinajstić information content (AvgIpc) is 2.14. The van der Waals surface area contributed by atoms with Crippen LogP contribution in [0.15, 0.2) is 6.20 Å². The van der Waals surface area contributed by atoms with Gasteiger partial charge in [-0.05, 0) is 5.21 Å². The molecule has 0 radical (unpaired) electrons. The molecule has 0 aliphatic carbocycles. The summed E-state index contributed by atoms with van der Waals surface area (Å²) >= 11 is 2.20. The lowest BCUT2D eigenvalue weighted by Gasteiger charge is -1.78. The molecule has 8 heavy (non-hydrogen) atoms. The van der Waals surface area contributed by atoms with Crippen molar-refractivity contribution in [2.45, 2.75) is 4.43 Å². The van der Waals surface area contributed by atoms with Gasteiger partial charge in [-0.15, -0.1) is 5.10 Å². The normalized spacial score (nSPS) is 9.62. The van der Waals surface area contributed by atoms with Gasteiger partial charge in [0.25, 0.3) is 0 Å². The minimum Gasteiger partial charge on any atom is -0.322 e. The molecule has 0 unspecified atom stereocenters. The standard InChI is InChI=1S/C3H5IN4/c4-1-3-2-8(5)7-6-3/h2H,1,5H2. The van der Waals surface area contributed by atoms with Crippen LogP contribution < -0.4 is 5.84 Å². The number of alkyl halides is 1. The third-order valence-electron chi connectivity index (χ3n) is 0.695. The van der Waals surface area contributed by atoms with Crippen LogP contribution in [0, 0.1) is 0 Å². The maximum atomic E-state index is 5.19. The Bertz CT molecular complexity index is 172. The largest absolute Gasteiger partial charge is 0.322 e. The summed E-state index contributed by atoms with van der Waals surface area (Å²) in [6.07, 6.45) is 1.69. The number of rotatable bonds is 1. The van der Waals surface area contributed by atoms with Crippen molar-refractivity contribution in [1.29, 1.82) is 0 Å². The Balaban J connectivity index is 2.84. The first-order valence-electron chi connectivity index (χ1n) is 2.05. The highest BCUT2D eigenvalue weighted by Gasteiger charge is 1.91. The molecule has 0 saturated heterocycles. The lowest BCUT2D eigenvalue weighted by molar-refractivity contribution is 0.764. The highest BCUT2D eigenvalue weighted by Crippen LogP contribution is 1.96. The zero-order valence-corrected chi connectivity index (χ0v) is 6.24. The quantitative estimate of drug-likeness (QED) is 0.412. The molecule has 0 saturated carbocycles. The van der Waals surface area contributed by atoms with Gasteiger partial charge in [0.1, 0.15) is 0 Å². The Labute approximate surface area is 60.2 Å². The van der Waals surface area contributed by atoms with Crippen LogP contribution in [0.3, 0.4) is 0 Å². The summed E-state index contributed by atoms with van der Waals surface area (Å²) in [5.74, 6) is 5.19. The average molecular weight is 224 g/mol. The van der Waals surface area contributed by atoms with E-state index in [0.29, 0.717) is 0 Å². The van der Waals surface area contributed by atoms with Crippen LogP contribution >= 0.6 is 22.6 Å². The van der Waals surface area contributed by atoms with Crippen LogP contribution in [-0.2, 0) is 4.43 Å². The number of nitrogens with two attached hydrogens (primary N) is 1. The van der Waals surface area contributed by atoms with Gasteiger partial charge in [0.2, 0.25) is 0 Å². The number of nitrogens with zero attached hydrogens (tertiary/aromatic N) is 3. The molecule has 0 aliphatic rings. The zero-order valence-electron chi connectivity index (χ0n) is 4.08. The summed E-state index contributed by atoms with van der Waals surface area (Å²) in [5.41, 5.74) is 0.910. The first-order valence-corrected chi connectivity index (χ1v) is 3.58. The molecule has 0 spiro atoms. The van der Waals surface area contributed by atoms with Gasteiger partial charge in [-0.2, -0.15) is 4.79 Å². The molecule has 0 fully saturated rings. The van der Waals surface area contributed by atoms with E-state index in [1.165, 1.54) is 4.79 Å². The fourth-order valence-corrected chi connectivity index (χ4v) is 0.724. The molecule has 5 heteroatoms. The molecule has 0 aliphatic heterocycles. The highest BCUT2D eigenvalue weighted by atomic mass is 127. The monoisotopic (exact) mass is 224 g/mol. The third kappa shape index (κ3) is 1.09. The minimum atomic E-state index is 0.856. The number of aromatic nitrogens is 3. The predicted molar refractivity (Wildman–Crippen MR) is 37.9 cm³/mol. The first-order chi connectivity index (χ1) is 3.83. The van der Waals surface area contributed by atoms with E-state index in [2.05, 4.69) is 32.9 Å². The zero-order chi connectivity index (χ0) is 5.98. The van der Waals surface area contributed by atoms with Crippen molar-refractivity contribution in [3.05, 3.63) is 11.9 Å². The summed E-state index contributed by atoms with van der Waals surface area (Å²) < 4.78 is 0.856. The second kappa shape index (κ2) is 2.29. The Morgan fingerprint density at radius 2 is 2.62 bits per heavy atom. The van der Waals surface area contributed by atoms with E-state index in [1.54, 1.807) is 6.20 Å². The second-order valence-electron chi connectivity index (χ2n) is 1.32. The molecule has 4 nitrogen and oxygen atoms in total. The molecule has 0 bridgehead atoms. The lowest BCUT2D eigenvalue weighted by Crippen LogP contribution is -2.07. The maximum absolute atomic E-state index is 5.19. The van der Waals surface area contributed by atoms with Gasteiger partial charge >= 0.3 is 0 Å². The molecule has 1 heterocycles. The van der Waals surface area contributed by atoms with E-state index >= 15 is 0 Å². The van der Waals surface area contributed by atoms with Crippen molar-refractivity contribution in [1.82, 2.24) is 15.1 Å². The van der Waals surface area contributed by atoms with E-state index in [9.17, 15) is 0 Å². The van der Waals surface area contributed by atoms with E-state index in [1.807, 2.05) is 0 Å². The Hall–Kier alpha value is -0.330. The molecular weight excluding hydrogens is 219 g/mol. The highest BCUT2D eigenvalue weighted by molar-refractivity contribution is 14.1. The van der Waals surface area contributed by atoms with Crippen molar-refractivity contribution < 1.29 is 0 Å². The fraction of sp³-hybridized carbons (Fsp3) is 0.333. The summed E-state index contributed by atoms with van der Waals surface area (Å²) in [6, 6.07) is 0. The van der Waals surface area contributed by atoms with E-state index in [-0.39, 0.29) is 0 Å². The summed E-state index contributed by atoms with van der Waals surface area (Å²) in [5, 5.41) is 7.24. The summed E-state index contributed by atoms with van der Waals surface area (Å²) in [7, 11) is 0.